The lowest BCUT2D eigenvalue weighted by molar-refractivity contribution is -0.194. The minimum Gasteiger partial charge on any atom is -0.462 e. The van der Waals surface area contributed by atoms with E-state index in [1.807, 2.05) is 20.8 Å². The van der Waals surface area contributed by atoms with E-state index in [4.69, 9.17) is 9.47 Å². The Kier molecular flexibility index (Phi) is 8.30. The van der Waals surface area contributed by atoms with Crippen LogP contribution >= 0.6 is 0 Å². The second-order valence-corrected chi connectivity index (χ2v) is 6.76. The molecule has 2 atom stereocenters. The highest BCUT2D eigenvalue weighted by Gasteiger charge is 2.55. The largest absolute Gasteiger partial charge is 0.462 e. The van der Waals surface area contributed by atoms with E-state index in [1.165, 1.54) is 0 Å². The molecular weight excluding hydrogens is 280 g/mol. The fourth-order valence-electron chi connectivity index (χ4n) is 2.43. The molecule has 0 aromatic carbocycles. The number of unbranched alkanes of at least 4 members (excludes halogenated alkanes) is 1. The van der Waals surface area contributed by atoms with Crippen molar-refractivity contribution < 1.29 is 19.1 Å². The van der Waals surface area contributed by atoms with Gasteiger partial charge in [0.25, 0.3) is 0 Å². The molecule has 0 aromatic rings. The van der Waals surface area contributed by atoms with Crippen molar-refractivity contribution in [3.05, 3.63) is 6.92 Å². The van der Waals surface area contributed by atoms with E-state index in [0.717, 1.165) is 12.8 Å². The van der Waals surface area contributed by atoms with Crippen molar-refractivity contribution in [1.82, 2.24) is 0 Å². The second-order valence-electron chi connectivity index (χ2n) is 6.76. The van der Waals surface area contributed by atoms with Crippen molar-refractivity contribution in [2.24, 2.45) is 5.41 Å². The van der Waals surface area contributed by atoms with Crippen LogP contribution in [0.5, 0.6) is 0 Å². The Morgan fingerprint density at radius 1 is 1.09 bits per heavy atom. The topological polar surface area (TPSA) is 52.6 Å². The van der Waals surface area contributed by atoms with Crippen LogP contribution in [-0.2, 0) is 19.1 Å². The number of ketones is 1. The standard InChI is InChI=1S/C18H33O4/c1-9-11-12-15(19)18(8,22-14(5)6)17(7,10-2)16(20)21-13(3)4/h13-14H,2,9-12H2,1,3-8H3. The lowest BCUT2D eigenvalue weighted by Gasteiger charge is -2.44. The normalized spacial score (nSPS) is 17.2. The molecule has 0 heterocycles. The molecule has 0 saturated heterocycles. The monoisotopic (exact) mass is 313 g/mol. The van der Waals surface area contributed by atoms with Gasteiger partial charge < -0.3 is 9.47 Å². The average Bonchev–Trinajstić information content (AvgIpc) is 2.41. The van der Waals surface area contributed by atoms with Crippen molar-refractivity contribution in [2.75, 3.05) is 0 Å². The van der Waals surface area contributed by atoms with Gasteiger partial charge in [-0.2, -0.15) is 0 Å². The highest BCUT2D eigenvalue weighted by Crippen LogP contribution is 2.41. The van der Waals surface area contributed by atoms with Crippen molar-refractivity contribution in [1.29, 1.82) is 0 Å². The molecule has 1 radical (unpaired) electrons. The zero-order chi connectivity index (χ0) is 17.6. The van der Waals surface area contributed by atoms with Gasteiger partial charge in [-0.3, -0.25) is 9.59 Å². The van der Waals surface area contributed by atoms with E-state index in [2.05, 4.69) is 6.92 Å². The van der Waals surface area contributed by atoms with Gasteiger partial charge in [-0.1, -0.05) is 20.3 Å². The number of Topliss-reactive ketones (excluding diaryl/α,β-unsaturated/α-hetero) is 1. The van der Waals surface area contributed by atoms with Gasteiger partial charge in [0.05, 0.1) is 12.2 Å². The van der Waals surface area contributed by atoms with Crippen LogP contribution in [0.2, 0.25) is 0 Å². The van der Waals surface area contributed by atoms with Gasteiger partial charge in [0.1, 0.15) is 11.0 Å². The molecule has 0 saturated carbocycles. The predicted octanol–water partition coefficient (Wildman–Crippen LogP) is 4.11. The van der Waals surface area contributed by atoms with E-state index < -0.39 is 17.0 Å². The molecular formula is C18H33O4. The Bertz CT molecular complexity index is 375. The molecule has 0 bridgehead atoms. The molecule has 0 aliphatic rings. The third kappa shape index (κ3) is 4.80. The molecule has 0 aliphatic carbocycles. The van der Waals surface area contributed by atoms with Gasteiger partial charge in [0.2, 0.25) is 0 Å². The molecule has 0 amide bonds. The molecule has 4 nitrogen and oxygen atoms in total. The lowest BCUT2D eigenvalue weighted by atomic mass is 9.69. The summed E-state index contributed by atoms with van der Waals surface area (Å²) >= 11 is 0. The SMILES string of the molecule is [CH2]CC(C)(C(=O)OC(C)C)C(C)(OC(C)C)C(=O)CCCC. The first kappa shape index (κ1) is 21.1. The van der Waals surface area contributed by atoms with Crippen LogP contribution in [0, 0.1) is 12.3 Å². The lowest BCUT2D eigenvalue weighted by Crippen LogP contribution is -2.58. The van der Waals surface area contributed by atoms with Crippen molar-refractivity contribution in [3.8, 4) is 0 Å². The molecule has 129 valence electrons. The molecule has 4 heteroatoms. The van der Waals surface area contributed by atoms with Crippen LogP contribution in [0.15, 0.2) is 0 Å². The zero-order valence-electron chi connectivity index (χ0n) is 15.3. The summed E-state index contributed by atoms with van der Waals surface area (Å²) in [5.74, 6) is -0.486. The number of rotatable bonds is 10. The fraction of sp³-hybridized carbons (Fsp3) is 0.833. The predicted molar refractivity (Wildman–Crippen MR) is 88.5 cm³/mol. The zero-order valence-corrected chi connectivity index (χ0v) is 15.3. The van der Waals surface area contributed by atoms with E-state index in [9.17, 15) is 9.59 Å². The summed E-state index contributed by atoms with van der Waals surface area (Å²) in [5.41, 5.74) is -2.34. The van der Waals surface area contributed by atoms with Crippen LogP contribution in [0.25, 0.3) is 0 Å². The highest BCUT2D eigenvalue weighted by molar-refractivity contribution is 5.94. The molecule has 0 N–H and O–H groups in total. The van der Waals surface area contributed by atoms with Crippen LogP contribution in [0.1, 0.15) is 74.1 Å². The van der Waals surface area contributed by atoms with E-state index in [1.54, 1.807) is 27.7 Å². The van der Waals surface area contributed by atoms with E-state index in [0.29, 0.717) is 6.42 Å². The third-order valence-electron chi connectivity index (χ3n) is 4.11. The molecule has 2 unspecified atom stereocenters. The molecule has 0 aliphatic heterocycles. The minimum atomic E-state index is -1.23. The Balaban J connectivity index is 5.68. The summed E-state index contributed by atoms with van der Waals surface area (Å²) in [6, 6.07) is 0. The Morgan fingerprint density at radius 3 is 2.00 bits per heavy atom. The van der Waals surface area contributed by atoms with Crippen molar-refractivity contribution in [2.45, 2.75) is 92.0 Å². The summed E-state index contributed by atoms with van der Waals surface area (Å²) in [4.78, 5) is 25.4. The molecule has 0 aromatic heterocycles. The number of hydrogen-bond acceptors (Lipinski definition) is 4. The molecule has 0 spiro atoms. The Morgan fingerprint density at radius 2 is 1.64 bits per heavy atom. The molecule has 0 rings (SSSR count). The number of ether oxygens (including phenoxy) is 2. The first-order valence-electron chi connectivity index (χ1n) is 8.26. The fourth-order valence-corrected chi connectivity index (χ4v) is 2.43. The second kappa shape index (κ2) is 8.66. The first-order valence-corrected chi connectivity index (χ1v) is 8.26. The number of carbonyl (C=O) groups excluding carboxylic acids is 2. The summed E-state index contributed by atoms with van der Waals surface area (Å²) in [6.07, 6.45) is 1.91. The quantitative estimate of drug-likeness (QED) is 0.569. The summed E-state index contributed by atoms with van der Waals surface area (Å²) < 4.78 is 11.3. The maximum atomic E-state index is 12.8. The van der Waals surface area contributed by atoms with Crippen LogP contribution in [-0.4, -0.2) is 29.6 Å². The van der Waals surface area contributed by atoms with Gasteiger partial charge >= 0.3 is 5.97 Å². The summed E-state index contributed by atoms with van der Waals surface area (Å²) in [7, 11) is 0. The number of carbonyl (C=O) groups is 2. The average molecular weight is 313 g/mol. The Hall–Kier alpha value is -0.900. The number of esters is 1. The smallest absolute Gasteiger partial charge is 0.315 e. The molecule has 0 fully saturated rings. The third-order valence-corrected chi connectivity index (χ3v) is 4.11. The van der Waals surface area contributed by atoms with Gasteiger partial charge in [0.15, 0.2) is 5.78 Å². The van der Waals surface area contributed by atoms with Crippen LogP contribution in [0.4, 0.5) is 0 Å². The maximum Gasteiger partial charge on any atom is 0.315 e. The van der Waals surface area contributed by atoms with Gasteiger partial charge in [-0.15, -0.1) is 0 Å². The van der Waals surface area contributed by atoms with Crippen LogP contribution in [0.3, 0.4) is 0 Å². The van der Waals surface area contributed by atoms with Crippen LogP contribution < -0.4 is 0 Å². The van der Waals surface area contributed by atoms with Gasteiger partial charge in [-0.05, 0) is 54.4 Å². The van der Waals surface area contributed by atoms with E-state index in [-0.39, 0.29) is 24.4 Å². The van der Waals surface area contributed by atoms with Crippen molar-refractivity contribution >= 4 is 11.8 Å². The van der Waals surface area contributed by atoms with E-state index >= 15 is 0 Å². The summed E-state index contributed by atoms with van der Waals surface area (Å²) in [5, 5.41) is 0. The minimum absolute atomic E-state index is 0.0603. The summed E-state index contributed by atoms with van der Waals surface area (Å²) in [6.45, 7) is 16.7. The van der Waals surface area contributed by atoms with Gasteiger partial charge in [-0.25, -0.2) is 0 Å². The van der Waals surface area contributed by atoms with Gasteiger partial charge in [0, 0.05) is 6.42 Å². The highest BCUT2D eigenvalue weighted by atomic mass is 16.6. The maximum absolute atomic E-state index is 12.8. The van der Waals surface area contributed by atoms with Crippen molar-refractivity contribution in [3.63, 3.8) is 0 Å². The molecule has 22 heavy (non-hydrogen) atoms. The Labute approximate surface area is 135 Å². The number of hydrogen-bond donors (Lipinski definition) is 0. The first-order chi connectivity index (χ1) is 10.0.